The molecule has 0 spiro atoms. The van der Waals surface area contributed by atoms with E-state index >= 15 is 0 Å². The number of aryl methyl sites for hydroxylation is 3. The summed E-state index contributed by atoms with van der Waals surface area (Å²) in [5, 5.41) is 3.80. The molecule has 0 aliphatic heterocycles. The van der Waals surface area contributed by atoms with E-state index in [-0.39, 0.29) is 0 Å². The van der Waals surface area contributed by atoms with Crippen LogP contribution in [0.15, 0.2) is 91.0 Å². The molecule has 4 aromatic rings. The third-order valence-electron chi connectivity index (χ3n) is 5.16. The van der Waals surface area contributed by atoms with E-state index in [4.69, 9.17) is 0 Å². The van der Waals surface area contributed by atoms with Crippen molar-refractivity contribution in [1.29, 1.82) is 0 Å². The van der Waals surface area contributed by atoms with Crippen molar-refractivity contribution in [1.82, 2.24) is 0 Å². The molecular formula is C27H25N. The predicted octanol–water partition coefficient (Wildman–Crippen LogP) is 7.69. The van der Waals surface area contributed by atoms with Crippen LogP contribution in [-0.2, 0) is 0 Å². The van der Waals surface area contributed by atoms with E-state index in [0.29, 0.717) is 0 Å². The molecule has 4 rings (SSSR count). The maximum absolute atomic E-state index is 3.80. The Kier molecular flexibility index (Phi) is 4.99. The van der Waals surface area contributed by atoms with Gasteiger partial charge in [-0.1, -0.05) is 96.6 Å². The molecular weight excluding hydrogens is 338 g/mol. The Labute approximate surface area is 167 Å². The van der Waals surface area contributed by atoms with E-state index in [1.54, 1.807) is 0 Å². The van der Waals surface area contributed by atoms with Crippen LogP contribution in [0.25, 0.3) is 22.3 Å². The lowest BCUT2D eigenvalue weighted by Gasteiger charge is -2.20. The van der Waals surface area contributed by atoms with Gasteiger partial charge in [-0.15, -0.1) is 0 Å². The predicted molar refractivity (Wildman–Crippen MR) is 121 cm³/mol. The first-order valence-corrected chi connectivity index (χ1v) is 9.72. The van der Waals surface area contributed by atoms with E-state index in [1.807, 2.05) is 0 Å². The minimum atomic E-state index is 1.15. The molecule has 1 heteroatoms. The molecule has 0 fully saturated rings. The Morgan fingerprint density at radius 2 is 0.964 bits per heavy atom. The van der Waals surface area contributed by atoms with Crippen molar-refractivity contribution in [2.75, 3.05) is 5.32 Å². The van der Waals surface area contributed by atoms with Gasteiger partial charge in [-0.3, -0.25) is 0 Å². The fraction of sp³-hybridized carbons (Fsp3) is 0.111. The Morgan fingerprint density at radius 3 is 1.43 bits per heavy atom. The average molecular weight is 364 g/mol. The first-order chi connectivity index (χ1) is 13.6. The molecule has 1 nitrogen and oxygen atoms in total. The van der Waals surface area contributed by atoms with Crippen molar-refractivity contribution in [3.63, 3.8) is 0 Å². The van der Waals surface area contributed by atoms with Gasteiger partial charge < -0.3 is 5.32 Å². The summed E-state index contributed by atoms with van der Waals surface area (Å²) >= 11 is 0. The van der Waals surface area contributed by atoms with Crippen molar-refractivity contribution in [3.05, 3.63) is 108 Å². The molecule has 0 radical (unpaired) electrons. The zero-order valence-electron chi connectivity index (χ0n) is 16.7. The number of nitrogens with one attached hydrogen (secondary N) is 1. The molecule has 4 aromatic carbocycles. The van der Waals surface area contributed by atoms with Crippen molar-refractivity contribution in [2.24, 2.45) is 0 Å². The van der Waals surface area contributed by atoms with E-state index in [0.717, 1.165) is 5.69 Å². The molecule has 0 aliphatic rings. The fourth-order valence-corrected chi connectivity index (χ4v) is 3.91. The number of para-hydroxylation sites is 1. The second-order valence-corrected chi connectivity index (χ2v) is 7.36. The standard InChI is InChI=1S/C27H25N/c1-19-17-20(2)26(21(3)18-19)28-27-24(22-11-6-4-7-12-22)15-10-16-25(27)23-13-8-5-9-14-23/h4-18,28H,1-3H3. The number of anilines is 2. The van der Waals surface area contributed by atoms with Crippen molar-refractivity contribution < 1.29 is 0 Å². The van der Waals surface area contributed by atoms with Crippen LogP contribution in [0.3, 0.4) is 0 Å². The Balaban J connectivity index is 1.93. The van der Waals surface area contributed by atoms with Gasteiger partial charge in [0.25, 0.3) is 0 Å². The summed E-state index contributed by atoms with van der Waals surface area (Å²) in [5.41, 5.74) is 11.0. The normalized spacial score (nSPS) is 10.7. The highest BCUT2D eigenvalue weighted by atomic mass is 14.9. The lowest BCUT2D eigenvalue weighted by Crippen LogP contribution is -2.01. The first-order valence-electron chi connectivity index (χ1n) is 9.72. The van der Waals surface area contributed by atoms with Crippen LogP contribution in [0.5, 0.6) is 0 Å². The average Bonchev–Trinajstić information content (AvgIpc) is 2.72. The molecule has 0 amide bonds. The SMILES string of the molecule is Cc1cc(C)c(Nc2c(-c3ccccc3)cccc2-c2ccccc2)c(C)c1. The number of benzene rings is 4. The van der Waals surface area contributed by atoms with Gasteiger partial charge in [-0.2, -0.15) is 0 Å². The lowest BCUT2D eigenvalue weighted by atomic mass is 9.95. The van der Waals surface area contributed by atoms with Gasteiger partial charge in [-0.25, -0.2) is 0 Å². The van der Waals surface area contributed by atoms with Gasteiger partial charge in [0.05, 0.1) is 5.69 Å². The first kappa shape index (κ1) is 18.1. The van der Waals surface area contributed by atoms with Crippen LogP contribution in [0.1, 0.15) is 16.7 Å². The summed E-state index contributed by atoms with van der Waals surface area (Å²) in [7, 11) is 0. The van der Waals surface area contributed by atoms with Crippen LogP contribution < -0.4 is 5.32 Å². The maximum Gasteiger partial charge on any atom is 0.0543 e. The molecule has 0 bridgehead atoms. The monoisotopic (exact) mass is 363 g/mol. The minimum absolute atomic E-state index is 1.15. The second-order valence-electron chi connectivity index (χ2n) is 7.36. The molecule has 28 heavy (non-hydrogen) atoms. The van der Waals surface area contributed by atoms with Gasteiger partial charge in [0, 0.05) is 16.8 Å². The Hall–Kier alpha value is -3.32. The summed E-state index contributed by atoms with van der Waals surface area (Å²) in [6.45, 7) is 6.50. The summed E-state index contributed by atoms with van der Waals surface area (Å²) in [5.74, 6) is 0. The molecule has 0 saturated heterocycles. The largest absolute Gasteiger partial charge is 0.354 e. The van der Waals surface area contributed by atoms with Crippen molar-refractivity contribution >= 4 is 11.4 Å². The highest BCUT2D eigenvalue weighted by Gasteiger charge is 2.14. The molecule has 0 saturated carbocycles. The van der Waals surface area contributed by atoms with Gasteiger partial charge in [0.2, 0.25) is 0 Å². The van der Waals surface area contributed by atoms with Gasteiger partial charge in [-0.05, 0) is 43.0 Å². The number of rotatable bonds is 4. The summed E-state index contributed by atoms with van der Waals surface area (Å²) < 4.78 is 0. The van der Waals surface area contributed by atoms with E-state index in [9.17, 15) is 0 Å². The number of hydrogen-bond donors (Lipinski definition) is 1. The molecule has 0 atom stereocenters. The molecule has 0 unspecified atom stereocenters. The van der Waals surface area contributed by atoms with Gasteiger partial charge in [0.15, 0.2) is 0 Å². The highest BCUT2D eigenvalue weighted by Crippen LogP contribution is 2.40. The molecule has 0 heterocycles. The Bertz CT molecular complexity index is 1010. The summed E-state index contributed by atoms with van der Waals surface area (Å²) in [4.78, 5) is 0. The van der Waals surface area contributed by atoms with Gasteiger partial charge in [0.1, 0.15) is 0 Å². The van der Waals surface area contributed by atoms with Crippen LogP contribution in [-0.4, -0.2) is 0 Å². The topological polar surface area (TPSA) is 12.0 Å². The smallest absolute Gasteiger partial charge is 0.0543 e. The van der Waals surface area contributed by atoms with Crippen LogP contribution in [0.4, 0.5) is 11.4 Å². The highest BCUT2D eigenvalue weighted by molar-refractivity contribution is 5.93. The fourth-order valence-electron chi connectivity index (χ4n) is 3.91. The summed E-state index contributed by atoms with van der Waals surface area (Å²) in [6.07, 6.45) is 0. The third kappa shape index (κ3) is 3.57. The number of hydrogen-bond acceptors (Lipinski definition) is 1. The molecule has 1 N–H and O–H groups in total. The molecule has 0 aliphatic carbocycles. The van der Waals surface area contributed by atoms with Crippen LogP contribution in [0, 0.1) is 20.8 Å². The molecule has 0 aromatic heterocycles. The minimum Gasteiger partial charge on any atom is -0.354 e. The zero-order valence-corrected chi connectivity index (χ0v) is 16.7. The zero-order chi connectivity index (χ0) is 19.5. The van der Waals surface area contributed by atoms with Crippen LogP contribution >= 0.6 is 0 Å². The molecule has 138 valence electrons. The maximum atomic E-state index is 3.80. The van der Waals surface area contributed by atoms with Crippen molar-refractivity contribution in [2.45, 2.75) is 20.8 Å². The lowest BCUT2D eigenvalue weighted by molar-refractivity contribution is 1.31. The quantitative estimate of drug-likeness (QED) is 0.392. The Morgan fingerprint density at radius 1 is 0.500 bits per heavy atom. The summed E-state index contributed by atoms with van der Waals surface area (Å²) in [6, 6.07) is 32.2. The third-order valence-corrected chi connectivity index (χ3v) is 5.16. The van der Waals surface area contributed by atoms with Crippen LogP contribution in [0.2, 0.25) is 0 Å². The van der Waals surface area contributed by atoms with Gasteiger partial charge >= 0.3 is 0 Å². The van der Waals surface area contributed by atoms with E-state index < -0.39 is 0 Å². The van der Waals surface area contributed by atoms with E-state index in [2.05, 4.69) is 117 Å². The van der Waals surface area contributed by atoms with Crippen molar-refractivity contribution in [3.8, 4) is 22.3 Å². The second kappa shape index (κ2) is 7.74. The van der Waals surface area contributed by atoms with E-state index in [1.165, 1.54) is 44.6 Å².